The smallest absolute Gasteiger partial charge is 0.195 e. The van der Waals surface area contributed by atoms with Crippen molar-refractivity contribution in [2.24, 2.45) is 4.99 Å². The van der Waals surface area contributed by atoms with Gasteiger partial charge in [0.2, 0.25) is 0 Å². The third kappa shape index (κ3) is 5.53. The third-order valence-corrected chi connectivity index (χ3v) is 4.65. The predicted molar refractivity (Wildman–Crippen MR) is 102 cm³/mol. The van der Waals surface area contributed by atoms with Gasteiger partial charge in [-0.25, -0.2) is 0 Å². The molecule has 6 heteroatoms. The van der Waals surface area contributed by atoms with Gasteiger partial charge in [0.25, 0.3) is 0 Å². The number of likely N-dealkylation sites (tertiary alicyclic amines) is 1. The minimum atomic E-state index is 0.694. The highest BCUT2D eigenvalue weighted by Crippen LogP contribution is 2.32. The Morgan fingerprint density at radius 2 is 1.80 bits per heavy atom. The Bertz CT molecular complexity index is 569. The number of aliphatic imine (C=N–C) groups is 1. The van der Waals surface area contributed by atoms with Crippen LogP contribution in [0.1, 0.15) is 32.1 Å². The molecule has 0 amide bonds. The number of anilines is 1. The summed E-state index contributed by atoms with van der Waals surface area (Å²) in [6.45, 7) is 5.79. The van der Waals surface area contributed by atoms with Crippen LogP contribution in [-0.2, 0) is 0 Å². The van der Waals surface area contributed by atoms with E-state index in [-0.39, 0.29) is 0 Å². The van der Waals surface area contributed by atoms with Crippen LogP contribution in [0.25, 0.3) is 0 Å². The van der Waals surface area contributed by atoms with E-state index < -0.39 is 0 Å². The summed E-state index contributed by atoms with van der Waals surface area (Å²) in [6, 6.07) is 5.92. The van der Waals surface area contributed by atoms with Crippen molar-refractivity contribution in [3.05, 3.63) is 18.2 Å². The van der Waals surface area contributed by atoms with Gasteiger partial charge in [-0.3, -0.25) is 4.99 Å². The fourth-order valence-electron chi connectivity index (χ4n) is 3.25. The summed E-state index contributed by atoms with van der Waals surface area (Å²) in [6.07, 6.45) is 6.31. The number of guanidine groups is 1. The third-order valence-electron chi connectivity index (χ3n) is 4.65. The molecule has 25 heavy (non-hydrogen) atoms. The summed E-state index contributed by atoms with van der Waals surface area (Å²) < 4.78 is 11.4. The largest absolute Gasteiger partial charge is 0.490 e. The Morgan fingerprint density at radius 1 is 1.04 bits per heavy atom. The van der Waals surface area contributed by atoms with Gasteiger partial charge in [-0.2, -0.15) is 0 Å². The number of hydrogen-bond donors (Lipinski definition) is 2. The molecule has 138 valence electrons. The van der Waals surface area contributed by atoms with E-state index in [0.29, 0.717) is 13.2 Å². The molecule has 1 aromatic carbocycles. The van der Waals surface area contributed by atoms with E-state index in [1.165, 1.54) is 38.8 Å². The normalized spacial score (nSPS) is 19.0. The first-order chi connectivity index (χ1) is 12.3. The molecule has 1 aromatic rings. The Hall–Kier alpha value is -1.95. The van der Waals surface area contributed by atoms with Crippen molar-refractivity contribution >= 4 is 11.6 Å². The molecule has 0 aliphatic carbocycles. The minimum absolute atomic E-state index is 0.694. The van der Waals surface area contributed by atoms with Crippen molar-refractivity contribution in [3.63, 3.8) is 0 Å². The summed E-state index contributed by atoms with van der Waals surface area (Å²) in [5.41, 5.74) is 0.951. The van der Waals surface area contributed by atoms with Gasteiger partial charge in [0.15, 0.2) is 17.5 Å². The minimum Gasteiger partial charge on any atom is -0.490 e. The summed E-state index contributed by atoms with van der Waals surface area (Å²) in [4.78, 5) is 6.86. The molecule has 0 radical (unpaired) electrons. The van der Waals surface area contributed by atoms with Crippen LogP contribution < -0.4 is 20.1 Å². The number of nitrogens with zero attached hydrogens (tertiary/aromatic N) is 2. The molecule has 6 nitrogen and oxygen atoms in total. The second-order valence-electron chi connectivity index (χ2n) is 6.59. The van der Waals surface area contributed by atoms with Gasteiger partial charge in [0.1, 0.15) is 0 Å². The fourth-order valence-corrected chi connectivity index (χ4v) is 3.25. The highest BCUT2D eigenvalue weighted by atomic mass is 16.5. The van der Waals surface area contributed by atoms with Gasteiger partial charge in [0.05, 0.1) is 13.2 Å². The van der Waals surface area contributed by atoms with Crippen LogP contribution in [0.4, 0.5) is 5.69 Å². The van der Waals surface area contributed by atoms with Crippen molar-refractivity contribution in [2.45, 2.75) is 32.1 Å². The van der Waals surface area contributed by atoms with E-state index in [1.807, 2.05) is 18.2 Å². The second kappa shape index (κ2) is 9.51. The monoisotopic (exact) mass is 346 g/mol. The molecule has 2 aliphatic heterocycles. The lowest BCUT2D eigenvalue weighted by Crippen LogP contribution is -2.38. The molecule has 3 rings (SSSR count). The van der Waals surface area contributed by atoms with Crippen LogP contribution in [0.3, 0.4) is 0 Å². The van der Waals surface area contributed by atoms with Gasteiger partial charge < -0.3 is 25.0 Å². The molecular weight excluding hydrogens is 316 g/mol. The van der Waals surface area contributed by atoms with Crippen molar-refractivity contribution in [2.75, 3.05) is 51.8 Å². The first kappa shape index (κ1) is 17.9. The van der Waals surface area contributed by atoms with E-state index in [0.717, 1.165) is 42.7 Å². The Kier molecular flexibility index (Phi) is 6.79. The maximum absolute atomic E-state index is 5.74. The lowest BCUT2D eigenvalue weighted by Gasteiger charge is -2.20. The van der Waals surface area contributed by atoms with Gasteiger partial charge in [-0.15, -0.1) is 0 Å². The SMILES string of the molecule is CN=C(NCCN1CCCCCC1)Nc1ccc2c(c1)OCCCO2. The summed E-state index contributed by atoms with van der Waals surface area (Å²) in [5, 5.41) is 6.74. The van der Waals surface area contributed by atoms with Crippen molar-refractivity contribution < 1.29 is 9.47 Å². The first-order valence-corrected chi connectivity index (χ1v) is 9.45. The zero-order valence-electron chi connectivity index (χ0n) is 15.2. The van der Waals surface area contributed by atoms with Crippen molar-refractivity contribution in [3.8, 4) is 11.5 Å². The van der Waals surface area contributed by atoms with E-state index in [9.17, 15) is 0 Å². The lowest BCUT2D eigenvalue weighted by molar-refractivity contribution is 0.289. The Morgan fingerprint density at radius 3 is 2.56 bits per heavy atom. The number of fused-ring (bicyclic) bond motifs is 1. The van der Waals surface area contributed by atoms with E-state index in [2.05, 4.69) is 20.5 Å². The summed E-state index contributed by atoms with van der Waals surface area (Å²) in [7, 11) is 1.80. The van der Waals surface area contributed by atoms with E-state index >= 15 is 0 Å². The number of rotatable bonds is 4. The summed E-state index contributed by atoms with van der Waals surface area (Å²) in [5.74, 6) is 2.39. The molecule has 0 bridgehead atoms. The summed E-state index contributed by atoms with van der Waals surface area (Å²) >= 11 is 0. The maximum atomic E-state index is 5.74. The lowest BCUT2D eigenvalue weighted by atomic mass is 10.2. The molecule has 0 aromatic heterocycles. The van der Waals surface area contributed by atoms with Crippen molar-refractivity contribution in [1.29, 1.82) is 0 Å². The molecular formula is C19H30N4O2. The zero-order valence-corrected chi connectivity index (χ0v) is 15.2. The van der Waals surface area contributed by atoms with Crippen molar-refractivity contribution in [1.82, 2.24) is 10.2 Å². The standard InChI is InChI=1S/C19H30N4O2/c1-20-19(21-9-12-23-10-4-2-3-5-11-23)22-16-7-8-17-18(15-16)25-14-6-13-24-17/h7-8,15H,2-6,9-14H2,1H3,(H2,20,21,22). The Balaban J connectivity index is 1.49. The van der Waals surface area contributed by atoms with E-state index in [1.54, 1.807) is 7.05 Å². The second-order valence-corrected chi connectivity index (χ2v) is 6.59. The molecule has 2 aliphatic rings. The highest BCUT2D eigenvalue weighted by molar-refractivity contribution is 5.93. The highest BCUT2D eigenvalue weighted by Gasteiger charge is 2.12. The first-order valence-electron chi connectivity index (χ1n) is 9.45. The zero-order chi connectivity index (χ0) is 17.3. The predicted octanol–water partition coefficient (Wildman–Crippen LogP) is 2.71. The van der Waals surface area contributed by atoms with Crippen LogP contribution in [0, 0.1) is 0 Å². The van der Waals surface area contributed by atoms with Gasteiger partial charge >= 0.3 is 0 Å². The van der Waals surface area contributed by atoms with Crippen LogP contribution in [0.15, 0.2) is 23.2 Å². The average molecular weight is 346 g/mol. The number of nitrogens with one attached hydrogen (secondary N) is 2. The average Bonchev–Trinajstić information content (AvgIpc) is 3.03. The number of benzene rings is 1. The molecule has 0 unspecified atom stereocenters. The molecule has 2 heterocycles. The van der Waals surface area contributed by atoms with Crippen LogP contribution in [0.2, 0.25) is 0 Å². The molecule has 0 spiro atoms. The van der Waals surface area contributed by atoms with Gasteiger partial charge in [-0.1, -0.05) is 12.8 Å². The molecule has 2 N–H and O–H groups in total. The quantitative estimate of drug-likeness (QED) is 0.648. The molecule has 1 saturated heterocycles. The Labute approximate surface area is 150 Å². The maximum Gasteiger partial charge on any atom is 0.195 e. The number of hydrogen-bond acceptors (Lipinski definition) is 4. The van der Waals surface area contributed by atoms with Crippen LogP contribution in [-0.4, -0.2) is 57.3 Å². The molecule has 0 atom stereocenters. The van der Waals surface area contributed by atoms with E-state index in [4.69, 9.17) is 9.47 Å². The fraction of sp³-hybridized carbons (Fsp3) is 0.632. The van der Waals surface area contributed by atoms with Crippen LogP contribution >= 0.6 is 0 Å². The molecule has 1 fully saturated rings. The van der Waals surface area contributed by atoms with Gasteiger partial charge in [-0.05, 0) is 38.1 Å². The number of ether oxygens (including phenoxy) is 2. The topological polar surface area (TPSA) is 58.1 Å². The molecule has 0 saturated carbocycles. The van der Waals surface area contributed by atoms with Gasteiger partial charge in [0, 0.05) is 38.3 Å². The van der Waals surface area contributed by atoms with Crippen LogP contribution in [0.5, 0.6) is 11.5 Å².